The molecule has 0 spiro atoms. The van der Waals surface area contributed by atoms with Crippen LogP contribution in [-0.4, -0.2) is 37.4 Å². The highest BCUT2D eigenvalue weighted by atomic mass is 16.5. The zero-order valence-corrected chi connectivity index (χ0v) is 13.7. The molecule has 1 aliphatic rings. The molecule has 0 unspecified atom stereocenters. The monoisotopic (exact) mass is 289 g/mol. The van der Waals surface area contributed by atoms with Crippen LogP contribution in [0.15, 0.2) is 18.2 Å². The maximum absolute atomic E-state index is 12.6. The van der Waals surface area contributed by atoms with E-state index in [4.69, 9.17) is 4.74 Å². The van der Waals surface area contributed by atoms with Gasteiger partial charge in [-0.15, -0.1) is 0 Å². The number of ether oxygens (including phenoxy) is 1. The molecular formula is C18H27NO2. The Balaban J connectivity index is 2.12. The van der Waals surface area contributed by atoms with Gasteiger partial charge in [-0.3, -0.25) is 9.69 Å². The molecule has 116 valence electrons. The van der Waals surface area contributed by atoms with Crippen LogP contribution in [0.5, 0.6) is 5.75 Å². The summed E-state index contributed by atoms with van der Waals surface area (Å²) in [6.07, 6.45) is 2.38. The van der Waals surface area contributed by atoms with Gasteiger partial charge in [0.1, 0.15) is 5.75 Å². The number of carbonyl (C=O) groups excluding carboxylic acids is 1. The molecule has 1 saturated heterocycles. The number of ketones is 1. The van der Waals surface area contributed by atoms with Crippen molar-refractivity contribution in [1.29, 1.82) is 0 Å². The lowest BCUT2D eigenvalue weighted by atomic mass is 9.96. The van der Waals surface area contributed by atoms with Gasteiger partial charge in [0, 0.05) is 0 Å². The number of methoxy groups -OCH3 is 1. The van der Waals surface area contributed by atoms with Gasteiger partial charge in [0.15, 0.2) is 5.78 Å². The van der Waals surface area contributed by atoms with E-state index in [1.165, 1.54) is 18.4 Å². The number of nitrogens with zero attached hydrogens (tertiary/aromatic N) is 1. The van der Waals surface area contributed by atoms with Crippen molar-refractivity contribution in [3.8, 4) is 5.75 Å². The normalized spacial score (nSPS) is 17.2. The van der Waals surface area contributed by atoms with Crippen molar-refractivity contribution in [2.75, 3.05) is 26.7 Å². The van der Waals surface area contributed by atoms with Crippen molar-refractivity contribution >= 4 is 5.78 Å². The van der Waals surface area contributed by atoms with E-state index >= 15 is 0 Å². The fourth-order valence-corrected chi connectivity index (χ4v) is 2.81. The second-order valence-electron chi connectivity index (χ2n) is 6.50. The molecule has 3 nitrogen and oxygen atoms in total. The van der Waals surface area contributed by atoms with Crippen LogP contribution in [0.2, 0.25) is 0 Å². The summed E-state index contributed by atoms with van der Waals surface area (Å²) in [4.78, 5) is 14.9. The van der Waals surface area contributed by atoms with Gasteiger partial charge >= 0.3 is 0 Å². The van der Waals surface area contributed by atoms with Crippen LogP contribution in [-0.2, 0) is 0 Å². The minimum atomic E-state index is 0.170. The van der Waals surface area contributed by atoms with Crippen molar-refractivity contribution in [1.82, 2.24) is 4.90 Å². The van der Waals surface area contributed by atoms with Crippen LogP contribution in [0.3, 0.4) is 0 Å². The first kappa shape index (κ1) is 16.0. The van der Waals surface area contributed by atoms with Crippen LogP contribution in [0, 0.1) is 5.92 Å². The fraction of sp³-hybridized carbons (Fsp3) is 0.611. The van der Waals surface area contributed by atoms with Gasteiger partial charge in [0.25, 0.3) is 0 Å². The molecule has 0 bridgehead atoms. The summed E-state index contributed by atoms with van der Waals surface area (Å²) in [5, 5.41) is 0. The van der Waals surface area contributed by atoms with E-state index in [0.717, 1.165) is 24.6 Å². The smallest absolute Gasteiger partial charge is 0.180 e. The molecule has 0 saturated carbocycles. The van der Waals surface area contributed by atoms with Gasteiger partial charge < -0.3 is 4.74 Å². The predicted molar refractivity (Wildman–Crippen MR) is 86.3 cm³/mol. The number of rotatable bonds is 5. The number of likely N-dealkylation sites (tertiary alicyclic amines) is 1. The number of hydrogen-bond acceptors (Lipinski definition) is 3. The summed E-state index contributed by atoms with van der Waals surface area (Å²) < 4.78 is 5.37. The molecule has 1 heterocycles. The number of carbonyl (C=O) groups is 1. The van der Waals surface area contributed by atoms with Gasteiger partial charge in [0.2, 0.25) is 0 Å². The number of Topliss-reactive ketones (excluding diaryl/α,β-unsaturated/α-hetero) is 1. The Morgan fingerprint density at radius 1 is 1.33 bits per heavy atom. The SMILES string of the molecule is COc1ccc(C(C)C)cc1C(=O)CN1CCC(C)CC1. The highest BCUT2D eigenvalue weighted by molar-refractivity contribution is 6.00. The van der Waals surface area contributed by atoms with Gasteiger partial charge in [-0.25, -0.2) is 0 Å². The molecule has 21 heavy (non-hydrogen) atoms. The molecule has 2 rings (SSSR count). The van der Waals surface area contributed by atoms with Crippen molar-refractivity contribution in [2.45, 2.75) is 39.5 Å². The van der Waals surface area contributed by atoms with Crippen LogP contribution in [0.4, 0.5) is 0 Å². The first-order valence-electron chi connectivity index (χ1n) is 7.94. The van der Waals surface area contributed by atoms with E-state index in [1.54, 1.807) is 7.11 Å². The number of benzene rings is 1. The molecule has 0 aliphatic carbocycles. The Hall–Kier alpha value is -1.35. The van der Waals surface area contributed by atoms with Crippen molar-refractivity contribution < 1.29 is 9.53 Å². The van der Waals surface area contributed by atoms with Crippen LogP contribution in [0.25, 0.3) is 0 Å². The maximum atomic E-state index is 12.6. The standard InChI is InChI=1S/C18H27NO2/c1-13(2)15-5-6-18(21-4)16(11-15)17(20)12-19-9-7-14(3)8-10-19/h5-6,11,13-14H,7-10,12H2,1-4H3. The van der Waals surface area contributed by atoms with E-state index in [2.05, 4.69) is 25.7 Å². The quantitative estimate of drug-likeness (QED) is 0.773. The van der Waals surface area contributed by atoms with Gasteiger partial charge in [-0.1, -0.05) is 26.8 Å². The van der Waals surface area contributed by atoms with Crippen molar-refractivity contribution in [2.24, 2.45) is 5.92 Å². The average Bonchev–Trinajstić information content (AvgIpc) is 2.48. The second-order valence-corrected chi connectivity index (χ2v) is 6.50. The minimum absolute atomic E-state index is 0.170. The maximum Gasteiger partial charge on any atom is 0.180 e. The van der Waals surface area contributed by atoms with E-state index in [1.807, 2.05) is 18.2 Å². The van der Waals surface area contributed by atoms with Crippen molar-refractivity contribution in [3.63, 3.8) is 0 Å². The Morgan fingerprint density at radius 2 is 2.00 bits per heavy atom. The predicted octanol–water partition coefficient (Wildman–Crippen LogP) is 3.73. The minimum Gasteiger partial charge on any atom is -0.496 e. The molecular weight excluding hydrogens is 262 g/mol. The van der Waals surface area contributed by atoms with Crippen LogP contribution < -0.4 is 4.74 Å². The topological polar surface area (TPSA) is 29.5 Å². The Bertz CT molecular complexity index is 488. The first-order valence-corrected chi connectivity index (χ1v) is 7.94. The van der Waals surface area contributed by atoms with Gasteiger partial charge in [-0.2, -0.15) is 0 Å². The van der Waals surface area contributed by atoms with E-state index in [9.17, 15) is 4.79 Å². The van der Waals surface area contributed by atoms with E-state index < -0.39 is 0 Å². The lowest BCUT2D eigenvalue weighted by Gasteiger charge is -2.29. The largest absolute Gasteiger partial charge is 0.496 e. The molecule has 0 aromatic heterocycles. The Morgan fingerprint density at radius 3 is 2.57 bits per heavy atom. The third kappa shape index (κ3) is 4.07. The van der Waals surface area contributed by atoms with Crippen LogP contribution in [0.1, 0.15) is 55.5 Å². The zero-order chi connectivity index (χ0) is 15.4. The first-order chi connectivity index (χ1) is 10.0. The van der Waals surface area contributed by atoms with Gasteiger partial charge in [-0.05, 0) is 55.5 Å². The lowest BCUT2D eigenvalue weighted by Crippen LogP contribution is -2.36. The Kier molecular flexibility index (Phi) is 5.40. The summed E-state index contributed by atoms with van der Waals surface area (Å²) >= 11 is 0. The highest BCUT2D eigenvalue weighted by Gasteiger charge is 2.21. The zero-order valence-electron chi connectivity index (χ0n) is 13.7. The molecule has 1 aliphatic heterocycles. The number of piperidine rings is 1. The van der Waals surface area contributed by atoms with Crippen molar-refractivity contribution in [3.05, 3.63) is 29.3 Å². The highest BCUT2D eigenvalue weighted by Crippen LogP contribution is 2.25. The summed E-state index contributed by atoms with van der Waals surface area (Å²) in [6.45, 7) is 9.13. The summed E-state index contributed by atoms with van der Waals surface area (Å²) in [6, 6.07) is 5.96. The molecule has 0 amide bonds. The third-order valence-corrected chi connectivity index (χ3v) is 4.43. The Labute approximate surface area is 128 Å². The molecule has 3 heteroatoms. The molecule has 0 radical (unpaired) electrons. The molecule has 0 atom stereocenters. The summed E-state index contributed by atoms with van der Waals surface area (Å²) in [5.41, 5.74) is 1.91. The molecule has 1 aromatic carbocycles. The van der Waals surface area contributed by atoms with E-state index in [-0.39, 0.29) is 5.78 Å². The summed E-state index contributed by atoms with van der Waals surface area (Å²) in [5.74, 6) is 2.06. The van der Waals surface area contributed by atoms with Gasteiger partial charge in [0.05, 0.1) is 19.2 Å². The summed E-state index contributed by atoms with van der Waals surface area (Å²) in [7, 11) is 1.63. The molecule has 0 N–H and O–H groups in total. The fourth-order valence-electron chi connectivity index (χ4n) is 2.81. The average molecular weight is 289 g/mol. The lowest BCUT2D eigenvalue weighted by molar-refractivity contribution is 0.0896. The molecule has 1 fully saturated rings. The second kappa shape index (κ2) is 7.08. The van der Waals surface area contributed by atoms with E-state index in [0.29, 0.717) is 18.2 Å². The third-order valence-electron chi connectivity index (χ3n) is 4.43. The van der Waals surface area contributed by atoms with Crippen LogP contribution >= 0.6 is 0 Å². The molecule has 1 aromatic rings. The number of hydrogen-bond donors (Lipinski definition) is 0.